The second kappa shape index (κ2) is 8.05. The van der Waals surface area contributed by atoms with Crippen molar-refractivity contribution in [3.8, 4) is 22.8 Å². The lowest BCUT2D eigenvalue weighted by Gasteiger charge is -2.19. The number of nitrogens with two attached hydrogens (primary N) is 1. The zero-order valence-corrected chi connectivity index (χ0v) is 15.5. The molecule has 2 N–H and O–H groups in total. The van der Waals surface area contributed by atoms with Crippen LogP contribution in [0.3, 0.4) is 0 Å². The fourth-order valence-corrected chi connectivity index (χ4v) is 2.62. The molecule has 8 heteroatoms. The molecular weight excluding hydrogens is 359 g/mol. The summed E-state index contributed by atoms with van der Waals surface area (Å²) in [5.41, 5.74) is 8.24. The van der Waals surface area contributed by atoms with Crippen molar-refractivity contribution in [1.82, 2.24) is 14.8 Å². The van der Waals surface area contributed by atoms with Crippen LogP contribution < -0.4 is 15.2 Å². The molecule has 2 heterocycles. The maximum atomic E-state index is 13.6. The minimum Gasteiger partial charge on any atom is -0.496 e. The zero-order chi connectivity index (χ0) is 18.0. The SMILES string of the molecule is COc1ccc(F)cc1C(C)Oc1cc(-c2ccnn2C)cnc1N.Cl. The van der Waals surface area contributed by atoms with Gasteiger partial charge in [0.05, 0.1) is 12.8 Å². The maximum absolute atomic E-state index is 13.6. The normalized spacial score (nSPS) is 11.5. The van der Waals surface area contributed by atoms with Gasteiger partial charge >= 0.3 is 0 Å². The van der Waals surface area contributed by atoms with Crippen molar-refractivity contribution in [1.29, 1.82) is 0 Å². The number of rotatable bonds is 5. The van der Waals surface area contributed by atoms with E-state index in [0.717, 1.165) is 11.3 Å². The molecule has 0 bridgehead atoms. The Bertz CT molecular complexity index is 901. The lowest BCUT2D eigenvalue weighted by Crippen LogP contribution is -2.08. The molecule has 0 spiro atoms. The third kappa shape index (κ3) is 3.88. The summed E-state index contributed by atoms with van der Waals surface area (Å²) in [6.07, 6.45) is 2.88. The van der Waals surface area contributed by atoms with Crippen molar-refractivity contribution in [2.45, 2.75) is 13.0 Å². The van der Waals surface area contributed by atoms with Crippen LogP contribution in [0.5, 0.6) is 11.5 Å². The van der Waals surface area contributed by atoms with Crippen LogP contribution in [0, 0.1) is 5.82 Å². The van der Waals surface area contributed by atoms with Crippen LogP contribution in [0.1, 0.15) is 18.6 Å². The van der Waals surface area contributed by atoms with E-state index in [1.54, 1.807) is 36.1 Å². The maximum Gasteiger partial charge on any atom is 0.166 e. The van der Waals surface area contributed by atoms with E-state index in [4.69, 9.17) is 15.2 Å². The zero-order valence-electron chi connectivity index (χ0n) is 14.6. The number of aryl methyl sites for hydroxylation is 1. The first-order chi connectivity index (χ1) is 12.0. The van der Waals surface area contributed by atoms with Crippen molar-refractivity contribution >= 4 is 18.2 Å². The molecule has 0 amide bonds. The number of hydrogen-bond acceptors (Lipinski definition) is 5. The number of benzene rings is 1. The molecule has 0 aliphatic rings. The first-order valence-corrected chi connectivity index (χ1v) is 7.73. The van der Waals surface area contributed by atoms with Crippen molar-refractivity contribution in [3.63, 3.8) is 0 Å². The van der Waals surface area contributed by atoms with Crippen LogP contribution in [-0.2, 0) is 7.05 Å². The number of nitrogens with zero attached hydrogens (tertiary/aromatic N) is 3. The van der Waals surface area contributed by atoms with Gasteiger partial charge in [0, 0.05) is 30.6 Å². The van der Waals surface area contributed by atoms with Gasteiger partial charge in [0.15, 0.2) is 11.6 Å². The quantitative estimate of drug-likeness (QED) is 0.731. The fourth-order valence-electron chi connectivity index (χ4n) is 2.62. The van der Waals surface area contributed by atoms with E-state index in [1.165, 1.54) is 19.2 Å². The summed E-state index contributed by atoms with van der Waals surface area (Å²) in [6.45, 7) is 1.80. The summed E-state index contributed by atoms with van der Waals surface area (Å²) < 4.78 is 26.6. The van der Waals surface area contributed by atoms with E-state index >= 15 is 0 Å². The summed E-state index contributed by atoms with van der Waals surface area (Å²) in [5.74, 6) is 0.856. The average molecular weight is 379 g/mol. The molecule has 138 valence electrons. The Kier molecular flexibility index (Phi) is 6.05. The summed E-state index contributed by atoms with van der Waals surface area (Å²) in [4.78, 5) is 4.19. The molecule has 3 rings (SSSR count). The molecule has 1 unspecified atom stereocenters. The molecule has 1 aromatic carbocycles. The second-order valence-electron chi connectivity index (χ2n) is 5.59. The minimum absolute atomic E-state index is 0. The van der Waals surface area contributed by atoms with Gasteiger partial charge in [-0.2, -0.15) is 5.10 Å². The van der Waals surface area contributed by atoms with Crippen molar-refractivity contribution < 1.29 is 13.9 Å². The molecule has 0 fully saturated rings. The van der Waals surface area contributed by atoms with E-state index in [0.29, 0.717) is 17.1 Å². The van der Waals surface area contributed by atoms with Gasteiger partial charge in [-0.1, -0.05) is 0 Å². The molecule has 0 aliphatic heterocycles. The highest BCUT2D eigenvalue weighted by atomic mass is 35.5. The van der Waals surface area contributed by atoms with Crippen molar-refractivity contribution in [3.05, 3.63) is 54.1 Å². The number of methoxy groups -OCH3 is 1. The second-order valence-corrected chi connectivity index (χ2v) is 5.59. The monoisotopic (exact) mass is 378 g/mol. The van der Waals surface area contributed by atoms with Crippen LogP contribution in [0.25, 0.3) is 11.3 Å². The summed E-state index contributed by atoms with van der Waals surface area (Å²) in [5, 5.41) is 4.14. The standard InChI is InChI=1S/C18H19FN4O2.ClH/c1-11(14-9-13(19)4-5-16(14)24-3)25-17-8-12(10-21-18(17)20)15-6-7-22-23(15)2;/h4-11H,1-3H3,(H2,20,21);1H. The first kappa shape index (κ1) is 19.5. The summed E-state index contributed by atoms with van der Waals surface area (Å²) >= 11 is 0. The Morgan fingerprint density at radius 2 is 1.96 bits per heavy atom. The highest BCUT2D eigenvalue weighted by Gasteiger charge is 2.17. The first-order valence-electron chi connectivity index (χ1n) is 7.73. The number of halogens is 2. The van der Waals surface area contributed by atoms with Gasteiger partial charge in [-0.25, -0.2) is 9.37 Å². The number of aromatic nitrogens is 3. The molecule has 0 aliphatic carbocycles. The van der Waals surface area contributed by atoms with Crippen LogP contribution in [0.2, 0.25) is 0 Å². The molecule has 6 nitrogen and oxygen atoms in total. The molecule has 26 heavy (non-hydrogen) atoms. The molecule has 0 radical (unpaired) electrons. The van der Waals surface area contributed by atoms with Crippen LogP contribution >= 0.6 is 12.4 Å². The lowest BCUT2D eigenvalue weighted by atomic mass is 10.1. The van der Waals surface area contributed by atoms with E-state index in [1.807, 2.05) is 13.1 Å². The van der Waals surface area contributed by atoms with Gasteiger partial charge in [0.25, 0.3) is 0 Å². The number of ether oxygens (including phenoxy) is 2. The molecule has 1 atom stereocenters. The third-order valence-corrected chi connectivity index (χ3v) is 3.93. The van der Waals surface area contributed by atoms with Gasteiger partial charge < -0.3 is 15.2 Å². The van der Waals surface area contributed by atoms with Crippen molar-refractivity contribution in [2.75, 3.05) is 12.8 Å². The van der Waals surface area contributed by atoms with Gasteiger partial charge in [-0.05, 0) is 37.3 Å². The molecule has 2 aromatic heterocycles. The molecule has 0 saturated carbocycles. The van der Waals surface area contributed by atoms with Crippen LogP contribution in [0.15, 0.2) is 42.7 Å². The van der Waals surface area contributed by atoms with Gasteiger partial charge in [-0.3, -0.25) is 4.68 Å². The molecule has 0 saturated heterocycles. The van der Waals surface area contributed by atoms with Crippen LogP contribution in [0.4, 0.5) is 10.2 Å². The molecule has 3 aromatic rings. The number of pyridine rings is 1. The summed E-state index contributed by atoms with van der Waals surface area (Å²) in [6, 6.07) is 7.96. The highest BCUT2D eigenvalue weighted by Crippen LogP contribution is 2.33. The topological polar surface area (TPSA) is 75.2 Å². The molecular formula is C18H20ClFN4O2. The Labute approximate surface area is 157 Å². The van der Waals surface area contributed by atoms with E-state index in [-0.39, 0.29) is 24.0 Å². The Hall–Kier alpha value is -2.80. The van der Waals surface area contributed by atoms with E-state index in [2.05, 4.69) is 10.1 Å². The largest absolute Gasteiger partial charge is 0.496 e. The Morgan fingerprint density at radius 3 is 2.62 bits per heavy atom. The van der Waals surface area contributed by atoms with Crippen LogP contribution in [-0.4, -0.2) is 21.9 Å². The van der Waals surface area contributed by atoms with Gasteiger partial charge in [-0.15, -0.1) is 12.4 Å². The minimum atomic E-state index is -0.475. The number of anilines is 1. The Balaban J connectivity index is 0.00000243. The highest BCUT2D eigenvalue weighted by molar-refractivity contribution is 5.85. The van der Waals surface area contributed by atoms with Crippen molar-refractivity contribution in [2.24, 2.45) is 7.05 Å². The average Bonchev–Trinajstić information content (AvgIpc) is 3.02. The smallest absolute Gasteiger partial charge is 0.166 e. The Morgan fingerprint density at radius 1 is 1.19 bits per heavy atom. The summed E-state index contributed by atoms with van der Waals surface area (Å²) in [7, 11) is 3.37. The predicted molar refractivity (Wildman–Crippen MR) is 100 cm³/mol. The number of nitrogen functional groups attached to an aromatic ring is 1. The van der Waals surface area contributed by atoms with Gasteiger partial charge in [0.2, 0.25) is 0 Å². The fraction of sp³-hybridized carbons (Fsp3) is 0.222. The number of hydrogen-bond donors (Lipinski definition) is 1. The lowest BCUT2D eigenvalue weighted by molar-refractivity contribution is 0.221. The van der Waals surface area contributed by atoms with E-state index in [9.17, 15) is 4.39 Å². The third-order valence-electron chi connectivity index (χ3n) is 3.93. The van der Waals surface area contributed by atoms with Gasteiger partial charge in [0.1, 0.15) is 17.7 Å². The van der Waals surface area contributed by atoms with E-state index < -0.39 is 6.10 Å². The predicted octanol–water partition coefficient (Wildman–Crippen LogP) is 3.77.